The summed E-state index contributed by atoms with van der Waals surface area (Å²) in [7, 11) is 1.42. The van der Waals surface area contributed by atoms with Gasteiger partial charge in [-0.3, -0.25) is 9.59 Å². The van der Waals surface area contributed by atoms with Gasteiger partial charge >= 0.3 is 0 Å². The maximum Gasteiger partial charge on any atom is 0.255 e. The Balaban J connectivity index is 2.24. The average Bonchev–Trinajstić information content (AvgIpc) is 2.52. The number of piperidine rings is 1. The number of nitrogens with zero attached hydrogens (tertiary/aromatic N) is 1. The second-order valence-electron chi connectivity index (χ2n) is 5.40. The van der Waals surface area contributed by atoms with Crippen LogP contribution in [0, 0.1) is 0 Å². The lowest BCUT2D eigenvalue weighted by atomic mass is 10.1. The molecule has 0 aliphatic carbocycles. The molecule has 0 unspecified atom stereocenters. The van der Waals surface area contributed by atoms with Gasteiger partial charge in [-0.1, -0.05) is 11.6 Å². The first-order valence-electron chi connectivity index (χ1n) is 7.26. The Morgan fingerprint density at radius 3 is 2.78 bits per heavy atom. The Labute approximate surface area is 139 Å². The van der Waals surface area contributed by atoms with E-state index in [0.717, 1.165) is 12.8 Å². The van der Waals surface area contributed by atoms with Crippen molar-refractivity contribution in [3.63, 3.8) is 0 Å². The fourth-order valence-corrected chi connectivity index (χ4v) is 2.77. The minimum Gasteiger partial charge on any atom is -0.493 e. The molecule has 0 bridgehead atoms. The van der Waals surface area contributed by atoms with Gasteiger partial charge in [0.1, 0.15) is 0 Å². The number of halogens is 1. The molecule has 1 aromatic carbocycles. The highest BCUT2D eigenvalue weighted by Gasteiger charge is 2.24. The van der Waals surface area contributed by atoms with Crippen LogP contribution in [-0.4, -0.2) is 49.6 Å². The highest BCUT2D eigenvalue weighted by Crippen LogP contribution is 2.36. The minimum atomic E-state index is -0.634. The first kappa shape index (κ1) is 17.4. The normalized spacial score (nSPS) is 17.7. The molecule has 1 saturated heterocycles. The summed E-state index contributed by atoms with van der Waals surface area (Å²) < 4.78 is 10.4. The molecule has 1 aromatic rings. The van der Waals surface area contributed by atoms with Crippen molar-refractivity contribution in [2.75, 3.05) is 26.8 Å². The second-order valence-corrected chi connectivity index (χ2v) is 5.81. The zero-order chi connectivity index (χ0) is 17.0. The fraction of sp³-hybridized carbons (Fsp3) is 0.467. The third kappa shape index (κ3) is 4.27. The predicted octanol–water partition coefficient (Wildman–Crippen LogP) is 0.776. The van der Waals surface area contributed by atoms with E-state index < -0.39 is 5.91 Å². The summed E-state index contributed by atoms with van der Waals surface area (Å²) in [6.45, 7) is 0.843. The maximum atomic E-state index is 12.6. The summed E-state index contributed by atoms with van der Waals surface area (Å²) in [5.74, 6) is -0.351. The van der Waals surface area contributed by atoms with Gasteiger partial charge in [-0.25, -0.2) is 0 Å². The summed E-state index contributed by atoms with van der Waals surface area (Å²) in [5, 5.41) is 0.176. The van der Waals surface area contributed by atoms with Gasteiger partial charge in [-0.2, -0.15) is 0 Å². The monoisotopic (exact) mass is 341 g/mol. The molecule has 1 aliphatic heterocycles. The molecule has 0 spiro atoms. The Morgan fingerprint density at radius 1 is 1.43 bits per heavy atom. The molecule has 1 atom stereocenters. The van der Waals surface area contributed by atoms with Crippen molar-refractivity contribution in [2.24, 2.45) is 11.5 Å². The molecule has 0 aromatic heterocycles. The highest BCUT2D eigenvalue weighted by molar-refractivity contribution is 6.32. The number of amides is 2. The van der Waals surface area contributed by atoms with Crippen LogP contribution in [0.1, 0.15) is 23.2 Å². The molecule has 4 N–H and O–H groups in total. The summed E-state index contributed by atoms with van der Waals surface area (Å²) in [5.41, 5.74) is 11.3. The molecule has 0 saturated carbocycles. The van der Waals surface area contributed by atoms with Crippen molar-refractivity contribution in [2.45, 2.75) is 18.9 Å². The second kappa shape index (κ2) is 7.52. The van der Waals surface area contributed by atoms with E-state index in [1.54, 1.807) is 4.90 Å². The van der Waals surface area contributed by atoms with Gasteiger partial charge < -0.3 is 25.8 Å². The number of rotatable bonds is 5. The Hall–Kier alpha value is -1.99. The fourth-order valence-electron chi connectivity index (χ4n) is 2.50. The van der Waals surface area contributed by atoms with Crippen LogP contribution in [0.5, 0.6) is 11.5 Å². The standard InChI is InChI=1S/C15H20ClN3O4/c1-22-12-6-9(5-11(16)14(12)23-8-13(18)20)15(21)19-4-2-3-10(17)7-19/h5-6,10H,2-4,7-8,17H2,1H3,(H2,18,20)/t10-/m1/s1. The number of ether oxygens (including phenoxy) is 2. The van der Waals surface area contributed by atoms with Crippen LogP contribution in [0.4, 0.5) is 0 Å². The third-order valence-corrected chi connectivity index (χ3v) is 3.86. The van der Waals surface area contributed by atoms with E-state index in [1.807, 2.05) is 0 Å². The molecule has 126 valence electrons. The zero-order valence-electron chi connectivity index (χ0n) is 12.9. The van der Waals surface area contributed by atoms with Crippen LogP contribution < -0.4 is 20.9 Å². The number of hydrogen-bond donors (Lipinski definition) is 2. The first-order chi connectivity index (χ1) is 10.9. The van der Waals surface area contributed by atoms with E-state index in [2.05, 4.69) is 0 Å². The molecule has 1 heterocycles. The van der Waals surface area contributed by atoms with Crippen molar-refractivity contribution in [1.29, 1.82) is 0 Å². The van der Waals surface area contributed by atoms with Gasteiger partial charge in [0.05, 0.1) is 12.1 Å². The van der Waals surface area contributed by atoms with E-state index in [1.165, 1.54) is 19.2 Å². The van der Waals surface area contributed by atoms with E-state index in [0.29, 0.717) is 18.7 Å². The van der Waals surface area contributed by atoms with Crippen molar-refractivity contribution >= 4 is 23.4 Å². The number of methoxy groups -OCH3 is 1. The van der Waals surface area contributed by atoms with Gasteiger partial charge in [0.15, 0.2) is 18.1 Å². The van der Waals surface area contributed by atoms with Crippen LogP contribution in [-0.2, 0) is 4.79 Å². The average molecular weight is 342 g/mol. The SMILES string of the molecule is COc1cc(C(=O)N2CCC[C@@H](N)C2)cc(Cl)c1OCC(N)=O. The minimum absolute atomic E-state index is 0.0109. The lowest BCUT2D eigenvalue weighted by Crippen LogP contribution is -2.45. The summed E-state index contributed by atoms with van der Waals surface area (Å²) in [6, 6.07) is 3.01. The molecular formula is C15H20ClN3O4. The quantitative estimate of drug-likeness (QED) is 0.822. The molecule has 2 rings (SSSR count). The lowest BCUT2D eigenvalue weighted by Gasteiger charge is -2.31. The zero-order valence-corrected chi connectivity index (χ0v) is 13.6. The Kier molecular flexibility index (Phi) is 5.68. The van der Waals surface area contributed by atoms with Crippen molar-refractivity contribution in [3.8, 4) is 11.5 Å². The number of likely N-dealkylation sites (tertiary alicyclic amines) is 1. The van der Waals surface area contributed by atoms with E-state index in [4.69, 9.17) is 32.5 Å². The first-order valence-corrected chi connectivity index (χ1v) is 7.63. The van der Waals surface area contributed by atoms with Gasteiger partial charge in [-0.15, -0.1) is 0 Å². The van der Waals surface area contributed by atoms with Gasteiger partial charge in [0, 0.05) is 24.7 Å². The number of carbonyl (C=O) groups excluding carboxylic acids is 2. The smallest absolute Gasteiger partial charge is 0.255 e. The third-order valence-electron chi connectivity index (χ3n) is 3.58. The number of nitrogens with two attached hydrogens (primary N) is 2. The molecule has 23 heavy (non-hydrogen) atoms. The molecule has 0 radical (unpaired) electrons. The highest BCUT2D eigenvalue weighted by atomic mass is 35.5. The summed E-state index contributed by atoms with van der Waals surface area (Å²) >= 11 is 6.16. The molecule has 1 aliphatic rings. The number of hydrogen-bond acceptors (Lipinski definition) is 5. The van der Waals surface area contributed by atoms with Crippen LogP contribution in [0.25, 0.3) is 0 Å². The van der Waals surface area contributed by atoms with Gasteiger partial charge in [0.2, 0.25) is 0 Å². The topological polar surface area (TPSA) is 108 Å². The van der Waals surface area contributed by atoms with Crippen molar-refractivity contribution in [3.05, 3.63) is 22.7 Å². The molecular weight excluding hydrogens is 322 g/mol. The van der Waals surface area contributed by atoms with Gasteiger partial charge in [-0.05, 0) is 25.0 Å². The predicted molar refractivity (Wildman–Crippen MR) is 85.8 cm³/mol. The largest absolute Gasteiger partial charge is 0.493 e. The maximum absolute atomic E-state index is 12.6. The number of primary amides is 1. The van der Waals surface area contributed by atoms with E-state index in [9.17, 15) is 9.59 Å². The molecule has 1 fully saturated rings. The van der Waals surface area contributed by atoms with Crippen molar-refractivity contribution < 1.29 is 19.1 Å². The van der Waals surface area contributed by atoms with Crippen LogP contribution >= 0.6 is 11.6 Å². The van der Waals surface area contributed by atoms with Crippen molar-refractivity contribution in [1.82, 2.24) is 4.90 Å². The molecule has 7 nitrogen and oxygen atoms in total. The summed E-state index contributed by atoms with van der Waals surface area (Å²) in [6.07, 6.45) is 1.78. The molecule has 8 heteroatoms. The van der Waals surface area contributed by atoms with Crippen LogP contribution in [0.15, 0.2) is 12.1 Å². The van der Waals surface area contributed by atoms with E-state index in [-0.39, 0.29) is 35.1 Å². The van der Waals surface area contributed by atoms with Gasteiger partial charge in [0.25, 0.3) is 11.8 Å². The summed E-state index contributed by atoms with van der Waals surface area (Å²) in [4.78, 5) is 25.1. The number of benzene rings is 1. The van der Waals surface area contributed by atoms with Crippen LogP contribution in [0.3, 0.4) is 0 Å². The Morgan fingerprint density at radius 2 is 2.17 bits per heavy atom. The number of carbonyl (C=O) groups is 2. The Bertz CT molecular complexity index is 609. The van der Waals surface area contributed by atoms with Crippen LogP contribution in [0.2, 0.25) is 5.02 Å². The molecule has 2 amide bonds. The lowest BCUT2D eigenvalue weighted by molar-refractivity contribution is -0.119. The van der Waals surface area contributed by atoms with E-state index >= 15 is 0 Å².